The Balaban J connectivity index is 2.26. The van der Waals surface area contributed by atoms with Crippen LogP contribution in [0.25, 0.3) is 12.2 Å². The highest BCUT2D eigenvalue weighted by molar-refractivity contribution is 9.10. The van der Waals surface area contributed by atoms with E-state index in [4.69, 9.17) is 5.26 Å². The fourth-order valence-corrected chi connectivity index (χ4v) is 1.77. The van der Waals surface area contributed by atoms with Gasteiger partial charge < -0.3 is 0 Å². The molecule has 0 N–H and O–H groups in total. The van der Waals surface area contributed by atoms with E-state index in [9.17, 15) is 0 Å². The summed E-state index contributed by atoms with van der Waals surface area (Å²) in [6.45, 7) is 0. The van der Waals surface area contributed by atoms with Crippen molar-refractivity contribution < 1.29 is 0 Å². The summed E-state index contributed by atoms with van der Waals surface area (Å²) in [7, 11) is 0. The van der Waals surface area contributed by atoms with Crippen molar-refractivity contribution in [2.24, 2.45) is 0 Å². The second-order valence-electron chi connectivity index (χ2n) is 3.58. The average Bonchev–Trinajstić information content (AvgIpc) is 2.38. The zero-order valence-corrected chi connectivity index (χ0v) is 10.7. The van der Waals surface area contributed by atoms with Crippen LogP contribution in [0.15, 0.2) is 53.0 Å². The van der Waals surface area contributed by atoms with Crippen LogP contribution in [-0.2, 0) is 0 Å². The lowest BCUT2D eigenvalue weighted by Gasteiger charge is -1.97. The first-order valence-electron chi connectivity index (χ1n) is 5.22. The maximum Gasteiger partial charge on any atom is 0.0997 e. The molecule has 0 bridgehead atoms. The molecule has 0 amide bonds. The summed E-state index contributed by atoms with van der Waals surface area (Å²) in [5.74, 6) is 0. The van der Waals surface area contributed by atoms with E-state index in [0.29, 0.717) is 5.56 Å². The van der Waals surface area contributed by atoms with Gasteiger partial charge in [-0.1, -0.05) is 58.4 Å². The van der Waals surface area contributed by atoms with Crippen LogP contribution >= 0.6 is 15.9 Å². The smallest absolute Gasteiger partial charge is 0.0997 e. The van der Waals surface area contributed by atoms with Crippen molar-refractivity contribution in [3.63, 3.8) is 0 Å². The van der Waals surface area contributed by atoms with Gasteiger partial charge in [-0.2, -0.15) is 5.26 Å². The van der Waals surface area contributed by atoms with Crippen molar-refractivity contribution in [1.82, 2.24) is 0 Å². The first kappa shape index (κ1) is 11.6. The Hall–Kier alpha value is -1.85. The number of rotatable bonds is 2. The van der Waals surface area contributed by atoms with E-state index >= 15 is 0 Å². The molecular formula is C15H10BrN. The summed E-state index contributed by atoms with van der Waals surface area (Å²) in [5, 5.41) is 8.96. The van der Waals surface area contributed by atoms with E-state index < -0.39 is 0 Å². The van der Waals surface area contributed by atoms with Gasteiger partial charge in [-0.3, -0.25) is 0 Å². The van der Waals surface area contributed by atoms with Crippen molar-refractivity contribution in [2.45, 2.75) is 0 Å². The zero-order chi connectivity index (χ0) is 12.1. The van der Waals surface area contributed by atoms with Gasteiger partial charge in [0.25, 0.3) is 0 Å². The SMILES string of the molecule is N#Cc1ccccc1/C=C\c1ccc(Br)cc1. The van der Waals surface area contributed by atoms with Crippen LogP contribution < -0.4 is 0 Å². The number of hydrogen-bond acceptors (Lipinski definition) is 1. The lowest BCUT2D eigenvalue weighted by Crippen LogP contribution is -1.80. The molecule has 0 spiro atoms. The zero-order valence-electron chi connectivity index (χ0n) is 9.10. The third-order valence-electron chi connectivity index (χ3n) is 2.41. The van der Waals surface area contributed by atoms with Crippen molar-refractivity contribution >= 4 is 28.1 Å². The Morgan fingerprint density at radius 1 is 0.941 bits per heavy atom. The topological polar surface area (TPSA) is 23.8 Å². The molecule has 0 saturated carbocycles. The Kier molecular flexibility index (Phi) is 3.74. The van der Waals surface area contributed by atoms with Crippen LogP contribution in [0.1, 0.15) is 16.7 Å². The van der Waals surface area contributed by atoms with Gasteiger partial charge in [0.05, 0.1) is 11.6 Å². The second-order valence-corrected chi connectivity index (χ2v) is 4.50. The lowest BCUT2D eigenvalue weighted by atomic mass is 10.1. The molecular weight excluding hydrogens is 274 g/mol. The van der Waals surface area contributed by atoms with E-state index in [1.54, 1.807) is 0 Å². The highest BCUT2D eigenvalue weighted by atomic mass is 79.9. The number of nitrogens with zero attached hydrogens (tertiary/aromatic N) is 1. The molecule has 0 atom stereocenters. The van der Waals surface area contributed by atoms with Crippen LogP contribution in [0.3, 0.4) is 0 Å². The molecule has 0 radical (unpaired) electrons. The first-order valence-corrected chi connectivity index (χ1v) is 6.01. The molecule has 0 aromatic heterocycles. The van der Waals surface area contributed by atoms with Crippen LogP contribution in [0, 0.1) is 11.3 Å². The van der Waals surface area contributed by atoms with Gasteiger partial charge in [0.1, 0.15) is 0 Å². The molecule has 0 aliphatic heterocycles. The molecule has 2 rings (SSSR count). The maximum absolute atomic E-state index is 8.96. The van der Waals surface area contributed by atoms with Gasteiger partial charge in [0.2, 0.25) is 0 Å². The molecule has 0 aliphatic carbocycles. The molecule has 2 aromatic rings. The predicted molar refractivity (Wildman–Crippen MR) is 74.2 cm³/mol. The van der Waals surface area contributed by atoms with Gasteiger partial charge in [0, 0.05) is 4.47 Å². The van der Waals surface area contributed by atoms with E-state index in [1.807, 2.05) is 60.7 Å². The molecule has 0 fully saturated rings. The molecule has 0 heterocycles. The summed E-state index contributed by atoms with van der Waals surface area (Å²) in [6, 6.07) is 17.8. The van der Waals surface area contributed by atoms with Gasteiger partial charge in [-0.05, 0) is 29.3 Å². The monoisotopic (exact) mass is 283 g/mol. The molecule has 0 saturated heterocycles. The summed E-state index contributed by atoms with van der Waals surface area (Å²) in [4.78, 5) is 0. The number of hydrogen-bond donors (Lipinski definition) is 0. The summed E-state index contributed by atoms with van der Waals surface area (Å²) >= 11 is 3.40. The fraction of sp³-hybridized carbons (Fsp3) is 0. The maximum atomic E-state index is 8.96. The highest BCUT2D eigenvalue weighted by Gasteiger charge is 1.95. The average molecular weight is 284 g/mol. The van der Waals surface area contributed by atoms with Crippen LogP contribution in [0.4, 0.5) is 0 Å². The lowest BCUT2D eigenvalue weighted by molar-refractivity contribution is 1.47. The predicted octanol–water partition coefficient (Wildman–Crippen LogP) is 4.49. The second kappa shape index (κ2) is 5.47. The normalized spacial score (nSPS) is 10.4. The van der Waals surface area contributed by atoms with Crippen molar-refractivity contribution in [3.05, 3.63) is 69.7 Å². The van der Waals surface area contributed by atoms with Crippen LogP contribution in [0.2, 0.25) is 0 Å². The van der Waals surface area contributed by atoms with Gasteiger partial charge in [-0.25, -0.2) is 0 Å². The molecule has 1 nitrogen and oxygen atoms in total. The third kappa shape index (κ3) is 3.05. The van der Waals surface area contributed by atoms with Crippen molar-refractivity contribution in [3.8, 4) is 6.07 Å². The molecule has 0 unspecified atom stereocenters. The Morgan fingerprint density at radius 2 is 1.65 bits per heavy atom. The molecule has 2 heteroatoms. The van der Waals surface area contributed by atoms with E-state index in [1.165, 1.54) is 0 Å². The molecule has 2 aromatic carbocycles. The van der Waals surface area contributed by atoms with Crippen LogP contribution in [-0.4, -0.2) is 0 Å². The number of nitriles is 1. The molecule has 17 heavy (non-hydrogen) atoms. The number of benzene rings is 2. The minimum Gasteiger partial charge on any atom is -0.192 e. The number of halogens is 1. The van der Waals surface area contributed by atoms with Gasteiger partial charge in [-0.15, -0.1) is 0 Å². The summed E-state index contributed by atoms with van der Waals surface area (Å²) in [6.07, 6.45) is 3.96. The van der Waals surface area contributed by atoms with Gasteiger partial charge >= 0.3 is 0 Å². The van der Waals surface area contributed by atoms with E-state index in [2.05, 4.69) is 22.0 Å². The Labute approximate surface area is 109 Å². The minimum absolute atomic E-state index is 0.695. The standard InChI is InChI=1S/C15H10BrN/c16-15-9-6-12(7-10-15)5-8-13-3-1-2-4-14(13)11-17/h1-10H/b8-5-. The van der Waals surface area contributed by atoms with Crippen molar-refractivity contribution in [2.75, 3.05) is 0 Å². The first-order chi connectivity index (χ1) is 8.29. The molecule has 0 aliphatic rings. The Morgan fingerprint density at radius 3 is 2.35 bits per heavy atom. The third-order valence-corrected chi connectivity index (χ3v) is 2.94. The highest BCUT2D eigenvalue weighted by Crippen LogP contribution is 2.15. The van der Waals surface area contributed by atoms with Gasteiger partial charge in [0.15, 0.2) is 0 Å². The molecule has 82 valence electrons. The van der Waals surface area contributed by atoms with E-state index in [0.717, 1.165) is 15.6 Å². The summed E-state index contributed by atoms with van der Waals surface area (Å²) in [5.41, 5.74) is 2.75. The fourth-order valence-electron chi connectivity index (χ4n) is 1.50. The van der Waals surface area contributed by atoms with Crippen molar-refractivity contribution in [1.29, 1.82) is 5.26 Å². The van der Waals surface area contributed by atoms with Crippen LogP contribution in [0.5, 0.6) is 0 Å². The van der Waals surface area contributed by atoms with E-state index in [-0.39, 0.29) is 0 Å². The summed E-state index contributed by atoms with van der Waals surface area (Å²) < 4.78 is 1.06. The minimum atomic E-state index is 0.695. The quantitative estimate of drug-likeness (QED) is 0.745. The Bertz CT molecular complexity index is 577. The largest absolute Gasteiger partial charge is 0.192 e.